The molecule has 2 aliphatic rings. The molecule has 2 heterocycles. The van der Waals surface area contributed by atoms with Crippen molar-refractivity contribution in [3.05, 3.63) is 35.4 Å². The lowest BCUT2D eigenvalue weighted by Crippen LogP contribution is -2.53. The summed E-state index contributed by atoms with van der Waals surface area (Å²) in [6, 6.07) is 7.84. The first-order chi connectivity index (χ1) is 12.5. The number of nitrogens with one attached hydrogen (secondary N) is 1. The Bertz CT molecular complexity index is 665. The van der Waals surface area contributed by atoms with E-state index >= 15 is 0 Å². The molecule has 0 spiro atoms. The van der Waals surface area contributed by atoms with Crippen LogP contribution in [0.2, 0.25) is 0 Å². The molecule has 3 rings (SSSR count). The minimum atomic E-state index is -0.357. The molecule has 2 atom stereocenters. The molecule has 1 aromatic rings. The fourth-order valence-electron chi connectivity index (χ4n) is 4.17. The van der Waals surface area contributed by atoms with Gasteiger partial charge in [0.2, 0.25) is 11.8 Å². The Morgan fingerprint density at radius 2 is 1.93 bits per heavy atom. The zero-order valence-electron chi connectivity index (χ0n) is 16.6. The Labute approximate surface area is 168 Å². The van der Waals surface area contributed by atoms with E-state index in [9.17, 15) is 9.59 Å². The van der Waals surface area contributed by atoms with E-state index in [1.165, 1.54) is 11.1 Å². The molecule has 6 heteroatoms. The van der Waals surface area contributed by atoms with Crippen LogP contribution >= 0.6 is 12.4 Å². The first-order valence-electron chi connectivity index (χ1n) is 9.79. The number of nitrogens with zero attached hydrogens (tertiary/aromatic N) is 2. The van der Waals surface area contributed by atoms with Gasteiger partial charge in [0, 0.05) is 32.5 Å². The molecule has 150 valence electrons. The van der Waals surface area contributed by atoms with Crippen LogP contribution < -0.4 is 5.32 Å². The molecule has 5 nitrogen and oxygen atoms in total. The Balaban J connectivity index is 0.00000261. The van der Waals surface area contributed by atoms with Crippen LogP contribution in [0.4, 0.5) is 0 Å². The molecule has 0 radical (unpaired) electrons. The highest BCUT2D eigenvalue weighted by molar-refractivity contribution is 5.88. The van der Waals surface area contributed by atoms with Crippen LogP contribution in [0.5, 0.6) is 0 Å². The molecule has 27 heavy (non-hydrogen) atoms. The standard InChI is InChI=1S/C21H31N3O2.ClH/c1-15(2)10-20(25)24-14-18-7-5-4-6-17(18)11-19(24)21(26)23-9-8-16(13-23)12-22-3;/h4-7,15-16,19,22H,8-14H2,1-3H3;1H. The first kappa shape index (κ1) is 21.7. The average molecular weight is 394 g/mol. The van der Waals surface area contributed by atoms with Crippen molar-refractivity contribution in [3.8, 4) is 0 Å². The first-order valence-corrected chi connectivity index (χ1v) is 9.79. The quantitative estimate of drug-likeness (QED) is 0.836. The number of carbonyl (C=O) groups is 2. The Kier molecular flexibility index (Phi) is 7.68. The van der Waals surface area contributed by atoms with Crippen molar-refractivity contribution in [1.82, 2.24) is 15.1 Å². The highest BCUT2D eigenvalue weighted by Crippen LogP contribution is 2.27. The van der Waals surface area contributed by atoms with Crippen molar-refractivity contribution in [2.24, 2.45) is 11.8 Å². The Morgan fingerprint density at radius 3 is 2.59 bits per heavy atom. The van der Waals surface area contributed by atoms with Crippen LogP contribution in [-0.4, -0.2) is 54.3 Å². The number of amides is 2. The van der Waals surface area contributed by atoms with E-state index < -0.39 is 0 Å². The van der Waals surface area contributed by atoms with Gasteiger partial charge in [-0.2, -0.15) is 0 Å². The number of rotatable bonds is 5. The highest BCUT2D eigenvalue weighted by Gasteiger charge is 2.38. The summed E-state index contributed by atoms with van der Waals surface area (Å²) in [5.41, 5.74) is 2.37. The third-order valence-electron chi connectivity index (χ3n) is 5.53. The third-order valence-corrected chi connectivity index (χ3v) is 5.53. The predicted molar refractivity (Wildman–Crippen MR) is 110 cm³/mol. The van der Waals surface area contributed by atoms with E-state index in [1.807, 2.05) is 29.0 Å². The van der Waals surface area contributed by atoms with Crippen LogP contribution in [0.3, 0.4) is 0 Å². The molecular weight excluding hydrogens is 362 g/mol. The Morgan fingerprint density at radius 1 is 1.22 bits per heavy atom. The van der Waals surface area contributed by atoms with Gasteiger partial charge in [-0.15, -0.1) is 12.4 Å². The lowest BCUT2D eigenvalue weighted by atomic mass is 9.92. The van der Waals surface area contributed by atoms with Crippen LogP contribution in [0.15, 0.2) is 24.3 Å². The number of benzene rings is 1. The maximum Gasteiger partial charge on any atom is 0.245 e. The topological polar surface area (TPSA) is 52.7 Å². The minimum absolute atomic E-state index is 0. The van der Waals surface area contributed by atoms with Gasteiger partial charge >= 0.3 is 0 Å². The second-order valence-electron chi connectivity index (χ2n) is 8.10. The van der Waals surface area contributed by atoms with Gasteiger partial charge in [-0.05, 0) is 43.0 Å². The molecule has 0 aromatic heterocycles. The largest absolute Gasteiger partial charge is 0.341 e. The molecule has 1 saturated heterocycles. The van der Waals surface area contributed by atoms with E-state index in [1.54, 1.807) is 0 Å². The Hall–Kier alpha value is -1.59. The molecule has 2 aliphatic heterocycles. The number of hydrogen-bond acceptors (Lipinski definition) is 3. The zero-order chi connectivity index (χ0) is 18.7. The SMILES string of the molecule is CNCC1CCN(C(=O)C2Cc3ccccc3CN2C(=O)CC(C)C)C1.Cl. The van der Waals surface area contributed by atoms with Crippen LogP contribution in [0, 0.1) is 11.8 Å². The summed E-state index contributed by atoms with van der Waals surface area (Å²) in [4.78, 5) is 29.9. The maximum atomic E-state index is 13.3. The monoisotopic (exact) mass is 393 g/mol. The summed E-state index contributed by atoms with van der Waals surface area (Å²) >= 11 is 0. The van der Waals surface area contributed by atoms with Gasteiger partial charge in [-0.25, -0.2) is 0 Å². The van der Waals surface area contributed by atoms with Gasteiger partial charge in [0.1, 0.15) is 6.04 Å². The molecule has 1 fully saturated rings. The predicted octanol–water partition coefficient (Wildman–Crippen LogP) is 2.48. The van der Waals surface area contributed by atoms with Gasteiger partial charge in [0.05, 0.1) is 0 Å². The van der Waals surface area contributed by atoms with E-state index in [0.717, 1.165) is 26.1 Å². The second-order valence-corrected chi connectivity index (χ2v) is 8.10. The van der Waals surface area contributed by atoms with Crippen molar-refractivity contribution in [2.45, 2.75) is 45.7 Å². The average Bonchev–Trinajstić information content (AvgIpc) is 3.08. The molecule has 1 aromatic carbocycles. The molecule has 0 aliphatic carbocycles. The number of likely N-dealkylation sites (tertiary alicyclic amines) is 1. The number of carbonyl (C=O) groups excluding carboxylic acids is 2. The molecule has 0 bridgehead atoms. The number of hydrogen-bond donors (Lipinski definition) is 1. The summed E-state index contributed by atoms with van der Waals surface area (Å²) in [5.74, 6) is 1.02. The summed E-state index contributed by atoms with van der Waals surface area (Å²) in [5, 5.41) is 3.21. The fraction of sp³-hybridized carbons (Fsp3) is 0.619. The molecular formula is C21H32ClN3O2. The van der Waals surface area contributed by atoms with Gasteiger partial charge < -0.3 is 15.1 Å². The van der Waals surface area contributed by atoms with Crippen LogP contribution in [0.25, 0.3) is 0 Å². The summed E-state index contributed by atoms with van der Waals surface area (Å²) in [7, 11) is 1.95. The zero-order valence-corrected chi connectivity index (χ0v) is 17.4. The maximum absolute atomic E-state index is 13.3. The van der Waals surface area contributed by atoms with Gasteiger partial charge in [-0.3, -0.25) is 9.59 Å². The highest BCUT2D eigenvalue weighted by atomic mass is 35.5. The van der Waals surface area contributed by atoms with Gasteiger partial charge in [-0.1, -0.05) is 38.1 Å². The van der Waals surface area contributed by atoms with Crippen molar-refractivity contribution < 1.29 is 9.59 Å². The summed E-state index contributed by atoms with van der Waals surface area (Å²) in [6.07, 6.45) is 2.16. The number of halogens is 1. The number of fused-ring (bicyclic) bond motifs is 1. The fourth-order valence-corrected chi connectivity index (χ4v) is 4.17. The molecule has 2 amide bonds. The molecule has 1 N–H and O–H groups in total. The van der Waals surface area contributed by atoms with E-state index in [0.29, 0.717) is 31.2 Å². The van der Waals surface area contributed by atoms with Crippen molar-refractivity contribution in [1.29, 1.82) is 0 Å². The van der Waals surface area contributed by atoms with Crippen LogP contribution in [0.1, 0.15) is 37.8 Å². The normalized spacial score (nSPS) is 21.8. The van der Waals surface area contributed by atoms with Gasteiger partial charge in [0.25, 0.3) is 0 Å². The smallest absolute Gasteiger partial charge is 0.245 e. The molecule has 2 unspecified atom stereocenters. The van der Waals surface area contributed by atoms with Crippen LogP contribution in [-0.2, 0) is 22.6 Å². The van der Waals surface area contributed by atoms with E-state index in [2.05, 4.69) is 31.3 Å². The minimum Gasteiger partial charge on any atom is -0.341 e. The lowest BCUT2D eigenvalue weighted by Gasteiger charge is -2.38. The third kappa shape index (κ3) is 5.02. The van der Waals surface area contributed by atoms with Gasteiger partial charge in [0.15, 0.2) is 0 Å². The van der Waals surface area contributed by atoms with Crippen molar-refractivity contribution in [2.75, 3.05) is 26.7 Å². The van der Waals surface area contributed by atoms with E-state index in [-0.39, 0.29) is 30.3 Å². The van der Waals surface area contributed by atoms with Crippen molar-refractivity contribution in [3.63, 3.8) is 0 Å². The van der Waals surface area contributed by atoms with E-state index in [4.69, 9.17) is 0 Å². The van der Waals surface area contributed by atoms with Crippen molar-refractivity contribution >= 4 is 24.2 Å². The molecule has 0 saturated carbocycles. The summed E-state index contributed by atoms with van der Waals surface area (Å²) < 4.78 is 0. The lowest BCUT2D eigenvalue weighted by molar-refractivity contribution is -0.147. The summed E-state index contributed by atoms with van der Waals surface area (Å²) in [6.45, 7) is 7.18. The second kappa shape index (κ2) is 9.56.